The van der Waals surface area contributed by atoms with E-state index in [-0.39, 0.29) is 90.4 Å². The Morgan fingerprint density at radius 1 is 1.00 bits per heavy atom. The summed E-state index contributed by atoms with van der Waals surface area (Å²) in [7, 11) is 0. The summed E-state index contributed by atoms with van der Waals surface area (Å²) in [6, 6.07) is 0. The Balaban J connectivity index is 0. The molecule has 0 amide bonds. The van der Waals surface area contributed by atoms with Crippen LogP contribution in [-0.2, 0) is 47.1 Å². The van der Waals surface area contributed by atoms with Crippen molar-refractivity contribution < 1.29 is 47.1 Å². The van der Waals surface area contributed by atoms with Gasteiger partial charge in [-0.05, 0) is 0 Å². The Morgan fingerprint density at radius 3 is 1.00 bits per heavy atom. The zero-order valence-corrected chi connectivity index (χ0v) is 9.88. The van der Waals surface area contributed by atoms with E-state index in [1.807, 2.05) is 0 Å². The van der Waals surface area contributed by atoms with E-state index in [1.54, 1.807) is 0 Å². The summed E-state index contributed by atoms with van der Waals surface area (Å²) in [4.78, 5) is 0. The molecule has 0 aliphatic carbocycles. The number of hydrogen-bond acceptors (Lipinski definition) is 0. The minimum atomic E-state index is 0. The largest absolute Gasteiger partial charge is 0 e. The quantitative estimate of drug-likeness (QED) is 0.389. The van der Waals surface area contributed by atoms with E-state index in [2.05, 4.69) is 0 Å². The summed E-state index contributed by atoms with van der Waals surface area (Å²) in [6.07, 6.45) is 0. The minimum Gasteiger partial charge on any atom is 0 e. The Morgan fingerprint density at radius 2 is 1.00 bits per heavy atom. The molecule has 0 N–H and O–H groups in total. The summed E-state index contributed by atoms with van der Waals surface area (Å²) < 4.78 is 0. The fourth-order valence-corrected chi connectivity index (χ4v) is 0. The first-order valence-electron chi connectivity index (χ1n) is 0. The van der Waals surface area contributed by atoms with Crippen LogP contribution in [0.25, 0.3) is 0 Å². The van der Waals surface area contributed by atoms with Crippen LogP contribution in [0.3, 0.4) is 0 Å². The van der Waals surface area contributed by atoms with Gasteiger partial charge in [0.25, 0.3) is 0 Å². The molecule has 0 rings (SSSR count). The molecule has 4 heteroatoms. The van der Waals surface area contributed by atoms with Gasteiger partial charge in [0, 0.05) is 47.1 Å². The van der Waals surface area contributed by atoms with Crippen LogP contribution >= 0.6 is 0 Å². The zero-order valence-electron chi connectivity index (χ0n) is 1.41. The van der Waals surface area contributed by atoms with Crippen molar-refractivity contribution in [2.45, 2.75) is 0 Å². The summed E-state index contributed by atoms with van der Waals surface area (Å²) in [5.41, 5.74) is 0. The number of rotatable bonds is 0. The fraction of sp³-hybridized carbons (Fsp3) is 0. The predicted molar refractivity (Wildman–Crippen MR) is 19.9 cm³/mol. The molecule has 0 saturated carbocycles. The molecule has 0 bridgehead atoms. The number of hydrogen-bond donors (Lipinski definition) is 0. The fourth-order valence-electron chi connectivity index (χ4n) is 0. The molecule has 0 fully saturated rings. The molecule has 0 atom stereocenters. The van der Waals surface area contributed by atoms with E-state index in [0.29, 0.717) is 0 Å². The van der Waals surface area contributed by atoms with Crippen LogP contribution in [-0.4, -0.2) is 43.2 Å². The van der Waals surface area contributed by atoms with Crippen molar-refractivity contribution in [1.82, 2.24) is 0 Å². The summed E-state index contributed by atoms with van der Waals surface area (Å²) >= 11 is 0. The van der Waals surface area contributed by atoms with Gasteiger partial charge in [0.2, 0.25) is 0 Å². The maximum atomic E-state index is 0. The van der Waals surface area contributed by atoms with Crippen LogP contribution in [0.1, 0.15) is 0 Å². The van der Waals surface area contributed by atoms with Gasteiger partial charge in [-0.15, -0.1) is 0 Å². The Hall–Kier alpha value is 2.96. The molecule has 0 nitrogen and oxygen atoms in total. The molecule has 0 spiro atoms. The van der Waals surface area contributed by atoms with Crippen molar-refractivity contribution in [2.75, 3.05) is 0 Å². The molecule has 16 valence electrons. The Kier molecular flexibility index (Phi) is 118. The summed E-state index contributed by atoms with van der Waals surface area (Å²) in [5.74, 6) is 0. The van der Waals surface area contributed by atoms with Gasteiger partial charge in [-0.2, -0.15) is 0 Å². The normalized spacial score (nSPS) is 0. The molecule has 0 aromatic rings. The minimum absolute atomic E-state index is 0. The molecule has 0 aromatic carbocycles. The molecular weight excluding hydrogens is 408 g/mol. The molecule has 0 saturated heterocycles. The second-order valence-corrected chi connectivity index (χ2v) is 0. The second kappa shape index (κ2) is 16.7. The monoisotopic (exact) mass is 414 g/mol. The van der Waals surface area contributed by atoms with Gasteiger partial charge in [-0.3, -0.25) is 0 Å². The molecular formula is H6AlHgInZn. The first-order chi connectivity index (χ1) is 0. The maximum Gasteiger partial charge on any atom is 0 e. The smallest absolute Gasteiger partial charge is 0 e. The van der Waals surface area contributed by atoms with Crippen molar-refractivity contribution in [2.24, 2.45) is 0 Å². The standard InChI is InChI=1S/Al.Hg.In.Zn.6H. The average molecular weight is 414 g/mol. The van der Waals surface area contributed by atoms with Crippen molar-refractivity contribution >= 4 is 43.2 Å². The zero-order chi connectivity index (χ0) is 0. The van der Waals surface area contributed by atoms with Gasteiger partial charge >= 0.3 is 25.8 Å². The van der Waals surface area contributed by atoms with E-state index in [0.717, 1.165) is 0 Å². The third-order valence-corrected chi connectivity index (χ3v) is 0. The van der Waals surface area contributed by atoms with Crippen LogP contribution < -0.4 is 0 Å². The molecule has 4 heavy (non-hydrogen) atoms. The first-order valence-corrected chi connectivity index (χ1v) is 0. The van der Waals surface area contributed by atoms with Crippen molar-refractivity contribution in [1.29, 1.82) is 0 Å². The van der Waals surface area contributed by atoms with Crippen LogP contribution in [0.2, 0.25) is 0 Å². The molecule has 0 aromatic heterocycles. The van der Waals surface area contributed by atoms with Crippen LogP contribution in [0.5, 0.6) is 0 Å². The van der Waals surface area contributed by atoms with Crippen molar-refractivity contribution in [3.8, 4) is 0 Å². The van der Waals surface area contributed by atoms with E-state index in [1.165, 1.54) is 0 Å². The van der Waals surface area contributed by atoms with E-state index >= 15 is 0 Å². The van der Waals surface area contributed by atoms with Crippen LogP contribution in [0.4, 0.5) is 0 Å². The average Bonchev–Trinajstić information content (AvgIpc) is 0. The van der Waals surface area contributed by atoms with E-state index in [9.17, 15) is 0 Å². The van der Waals surface area contributed by atoms with Crippen LogP contribution in [0, 0.1) is 0 Å². The summed E-state index contributed by atoms with van der Waals surface area (Å²) in [6.45, 7) is 0. The van der Waals surface area contributed by atoms with Gasteiger partial charge < -0.3 is 0 Å². The van der Waals surface area contributed by atoms with Gasteiger partial charge in [0.15, 0.2) is 17.4 Å². The third kappa shape index (κ3) is 8.88. The summed E-state index contributed by atoms with van der Waals surface area (Å²) in [5, 5.41) is 0. The molecule has 0 aliphatic heterocycles. The Bertz CT molecular complexity index is 8.00. The Labute approximate surface area is 88.7 Å². The van der Waals surface area contributed by atoms with Gasteiger partial charge in [-0.1, -0.05) is 0 Å². The van der Waals surface area contributed by atoms with Gasteiger partial charge in [0.1, 0.15) is 0 Å². The predicted octanol–water partition coefficient (Wildman–Crippen LogP) is -2.37. The molecule has 0 radical (unpaired) electrons. The van der Waals surface area contributed by atoms with Gasteiger partial charge in [0.05, 0.1) is 0 Å². The van der Waals surface area contributed by atoms with Crippen molar-refractivity contribution in [3.05, 3.63) is 0 Å². The first kappa shape index (κ1) is 28.2. The SMILES string of the molecule is [AlH3].[Hg].[InH3].[Zn]. The maximum absolute atomic E-state index is 0. The van der Waals surface area contributed by atoms with Gasteiger partial charge in [-0.25, -0.2) is 0 Å². The topological polar surface area (TPSA) is 0 Å². The van der Waals surface area contributed by atoms with E-state index in [4.69, 9.17) is 0 Å². The third-order valence-electron chi connectivity index (χ3n) is 0. The van der Waals surface area contributed by atoms with E-state index < -0.39 is 0 Å². The molecule has 0 unspecified atom stereocenters. The molecule has 0 heterocycles. The van der Waals surface area contributed by atoms with Crippen LogP contribution in [0.15, 0.2) is 0 Å². The second-order valence-electron chi connectivity index (χ2n) is 0. The van der Waals surface area contributed by atoms with Crippen molar-refractivity contribution in [3.63, 3.8) is 0 Å². The molecule has 0 aliphatic rings.